The van der Waals surface area contributed by atoms with Crippen LogP contribution in [0.3, 0.4) is 0 Å². The summed E-state index contributed by atoms with van der Waals surface area (Å²) >= 11 is 3.46. The van der Waals surface area contributed by atoms with E-state index in [0.29, 0.717) is 19.5 Å². The molecule has 1 aliphatic rings. The number of hydrogen-bond donors (Lipinski definition) is 1. The zero-order valence-corrected chi connectivity index (χ0v) is 13.1. The van der Waals surface area contributed by atoms with E-state index in [1.165, 1.54) is 7.11 Å². The Kier molecular flexibility index (Phi) is 5.01. The van der Waals surface area contributed by atoms with E-state index < -0.39 is 0 Å². The minimum Gasteiger partial charge on any atom is -0.508 e. The third-order valence-electron chi connectivity index (χ3n) is 3.57. The topological polar surface area (TPSA) is 59.0 Å². The molecule has 1 saturated heterocycles. The van der Waals surface area contributed by atoms with Gasteiger partial charge in [0.2, 0.25) is 0 Å². The SMILES string of the molecule is COC(=O)[C@H]1C[C@H](OC)CN1Cc1cc(O)ccc1Br. The predicted octanol–water partition coefficient (Wildman–Crippen LogP) is 1.92. The molecule has 0 aromatic heterocycles. The van der Waals surface area contributed by atoms with E-state index in [2.05, 4.69) is 15.9 Å². The first-order valence-electron chi connectivity index (χ1n) is 6.37. The summed E-state index contributed by atoms with van der Waals surface area (Å²) in [5, 5.41) is 9.58. The number of esters is 1. The number of phenols is 1. The van der Waals surface area contributed by atoms with Crippen molar-refractivity contribution in [2.45, 2.75) is 25.1 Å². The Hall–Kier alpha value is -1.11. The Labute approximate surface area is 126 Å². The van der Waals surface area contributed by atoms with Gasteiger partial charge >= 0.3 is 5.97 Å². The molecule has 0 aliphatic carbocycles. The second-order valence-corrected chi connectivity index (χ2v) is 5.69. The summed E-state index contributed by atoms with van der Waals surface area (Å²) < 4.78 is 11.1. The van der Waals surface area contributed by atoms with Crippen LogP contribution in [0.5, 0.6) is 5.75 Å². The lowest BCUT2D eigenvalue weighted by Crippen LogP contribution is -2.36. The Morgan fingerprint density at radius 2 is 2.25 bits per heavy atom. The number of rotatable bonds is 4. The Bertz CT molecular complexity index is 494. The van der Waals surface area contributed by atoms with Gasteiger partial charge in [-0.15, -0.1) is 0 Å². The van der Waals surface area contributed by atoms with Crippen LogP contribution in [0.4, 0.5) is 0 Å². The van der Waals surface area contributed by atoms with Gasteiger partial charge in [0.1, 0.15) is 11.8 Å². The number of hydrogen-bond acceptors (Lipinski definition) is 5. The van der Waals surface area contributed by atoms with Crippen molar-refractivity contribution in [1.29, 1.82) is 0 Å². The van der Waals surface area contributed by atoms with Gasteiger partial charge in [-0.2, -0.15) is 0 Å². The molecule has 110 valence electrons. The number of likely N-dealkylation sites (tertiary alicyclic amines) is 1. The maximum Gasteiger partial charge on any atom is 0.323 e. The molecule has 0 saturated carbocycles. The summed E-state index contributed by atoms with van der Waals surface area (Å²) in [6.45, 7) is 1.22. The van der Waals surface area contributed by atoms with Crippen LogP contribution in [0.2, 0.25) is 0 Å². The first-order chi connectivity index (χ1) is 9.55. The van der Waals surface area contributed by atoms with Crippen molar-refractivity contribution in [1.82, 2.24) is 4.90 Å². The van der Waals surface area contributed by atoms with Gasteiger partial charge in [-0.05, 0) is 23.8 Å². The van der Waals surface area contributed by atoms with Gasteiger partial charge in [0, 0.05) is 31.1 Å². The standard InChI is InChI=1S/C14H18BrNO4/c1-19-11-6-13(14(18)20-2)16(8-11)7-9-5-10(17)3-4-12(9)15/h3-5,11,13,17H,6-8H2,1-2H3/t11-,13+/m0/s1. The van der Waals surface area contributed by atoms with Crippen LogP contribution in [-0.2, 0) is 20.8 Å². The summed E-state index contributed by atoms with van der Waals surface area (Å²) in [7, 11) is 3.04. The first-order valence-corrected chi connectivity index (χ1v) is 7.16. The normalized spacial score (nSPS) is 22.9. The van der Waals surface area contributed by atoms with Gasteiger partial charge in [-0.1, -0.05) is 15.9 Å². The highest BCUT2D eigenvalue weighted by Crippen LogP contribution is 2.28. The third-order valence-corrected chi connectivity index (χ3v) is 4.35. The molecule has 1 aromatic rings. The molecule has 2 atom stereocenters. The molecule has 1 aromatic carbocycles. The molecule has 2 rings (SSSR count). The minimum atomic E-state index is -0.306. The summed E-state index contributed by atoms with van der Waals surface area (Å²) in [6.07, 6.45) is 0.648. The van der Waals surface area contributed by atoms with Crippen molar-refractivity contribution < 1.29 is 19.4 Å². The van der Waals surface area contributed by atoms with Gasteiger partial charge in [0.15, 0.2) is 0 Å². The lowest BCUT2D eigenvalue weighted by Gasteiger charge is -2.22. The second-order valence-electron chi connectivity index (χ2n) is 4.84. The number of nitrogens with zero attached hydrogens (tertiary/aromatic N) is 1. The largest absolute Gasteiger partial charge is 0.508 e. The Morgan fingerprint density at radius 3 is 2.90 bits per heavy atom. The van der Waals surface area contributed by atoms with Crippen LogP contribution in [0.25, 0.3) is 0 Å². The molecule has 1 fully saturated rings. The van der Waals surface area contributed by atoms with Gasteiger partial charge < -0.3 is 14.6 Å². The summed E-state index contributed by atoms with van der Waals surface area (Å²) in [5.41, 5.74) is 0.927. The van der Waals surface area contributed by atoms with Crippen molar-refractivity contribution in [3.05, 3.63) is 28.2 Å². The number of carbonyl (C=O) groups is 1. The predicted molar refractivity (Wildman–Crippen MR) is 77.4 cm³/mol. The zero-order chi connectivity index (χ0) is 14.7. The van der Waals surface area contributed by atoms with E-state index in [9.17, 15) is 9.90 Å². The fourth-order valence-electron chi connectivity index (χ4n) is 2.49. The van der Waals surface area contributed by atoms with Gasteiger partial charge in [-0.25, -0.2) is 0 Å². The number of halogens is 1. The van der Waals surface area contributed by atoms with Crippen molar-refractivity contribution in [2.24, 2.45) is 0 Å². The van der Waals surface area contributed by atoms with Crippen LogP contribution < -0.4 is 0 Å². The van der Waals surface area contributed by atoms with Crippen molar-refractivity contribution in [3.63, 3.8) is 0 Å². The number of carbonyl (C=O) groups excluding carboxylic acids is 1. The molecular formula is C14H18BrNO4. The smallest absolute Gasteiger partial charge is 0.323 e. The van der Waals surface area contributed by atoms with E-state index in [0.717, 1.165) is 10.0 Å². The van der Waals surface area contributed by atoms with Crippen LogP contribution in [0, 0.1) is 0 Å². The van der Waals surface area contributed by atoms with Gasteiger partial charge in [0.25, 0.3) is 0 Å². The number of methoxy groups -OCH3 is 2. The van der Waals surface area contributed by atoms with Crippen LogP contribution in [-0.4, -0.2) is 48.9 Å². The van der Waals surface area contributed by atoms with E-state index in [4.69, 9.17) is 9.47 Å². The molecule has 6 heteroatoms. The molecule has 1 N–H and O–H groups in total. The van der Waals surface area contributed by atoms with Crippen LogP contribution in [0.1, 0.15) is 12.0 Å². The maximum absolute atomic E-state index is 11.8. The summed E-state index contributed by atoms with van der Waals surface area (Å²) in [4.78, 5) is 13.9. The molecule has 0 radical (unpaired) electrons. The van der Waals surface area contributed by atoms with Crippen molar-refractivity contribution >= 4 is 21.9 Å². The molecule has 20 heavy (non-hydrogen) atoms. The van der Waals surface area contributed by atoms with Crippen LogP contribution in [0.15, 0.2) is 22.7 Å². The van der Waals surface area contributed by atoms with Crippen molar-refractivity contribution in [3.8, 4) is 5.75 Å². The molecule has 1 aliphatic heterocycles. The lowest BCUT2D eigenvalue weighted by molar-refractivity contribution is -0.146. The highest BCUT2D eigenvalue weighted by molar-refractivity contribution is 9.10. The quantitative estimate of drug-likeness (QED) is 0.846. The highest BCUT2D eigenvalue weighted by atomic mass is 79.9. The molecule has 1 heterocycles. The number of phenolic OH excluding ortho intramolecular Hbond substituents is 1. The zero-order valence-electron chi connectivity index (χ0n) is 11.5. The molecule has 0 amide bonds. The van der Waals surface area contributed by atoms with E-state index in [1.807, 2.05) is 4.90 Å². The minimum absolute atomic E-state index is 0.0233. The van der Waals surface area contributed by atoms with E-state index >= 15 is 0 Å². The highest BCUT2D eigenvalue weighted by Gasteiger charge is 2.37. The fraction of sp³-hybridized carbons (Fsp3) is 0.500. The molecule has 5 nitrogen and oxygen atoms in total. The summed E-state index contributed by atoms with van der Waals surface area (Å²) in [6, 6.07) is 4.80. The number of aromatic hydroxyl groups is 1. The average Bonchev–Trinajstić information content (AvgIpc) is 2.85. The first kappa shape index (κ1) is 15.3. The van der Waals surface area contributed by atoms with Crippen LogP contribution >= 0.6 is 15.9 Å². The van der Waals surface area contributed by atoms with Gasteiger partial charge in [-0.3, -0.25) is 9.69 Å². The summed E-state index contributed by atoms with van der Waals surface area (Å²) in [5.74, 6) is -0.0406. The second kappa shape index (κ2) is 6.56. The number of benzene rings is 1. The molecule has 0 spiro atoms. The molecular weight excluding hydrogens is 326 g/mol. The van der Waals surface area contributed by atoms with Crippen molar-refractivity contribution in [2.75, 3.05) is 20.8 Å². The average molecular weight is 344 g/mol. The Morgan fingerprint density at radius 1 is 1.50 bits per heavy atom. The fourth-order valence-corrected chi connectivity index (χ4v) is 2.86. The molecule has 0 bridgehead atoms. The van der Waals surface area contributed by atoms with Gasteiger partial charge in [0.05, 0.1) is 13.2 Å². The lowest BCUT2D eigenvalue weighted by atomic mass is 10.1. The third kappa shape index (κ3) is 3.31. The maximum atomic E-state index is 11.8. The Balaban J connectivity index is 2.17. The van der Waals surface area contributed by atoms with E-state index in [-0.39, 0.29) is 23.9 Å². The molecule has 0 unspecified atom stereocenters. The monoisotopic (exact) mass is 343 g/mol. The number of ether oxygens (including phenoxy) is 2. The van der Waals surface area contributed by atoms with E-state index in [1.54, 1.807) is 25.3 Å².